The quantitative estimate of drug-likeness (QED) is 0.0783. The number of H-pyrrole nitrogens is 1. The van der Waals surface area contributed by atoms with Crippen LogP contribution in [0.1, 0.15) is 123 Å². The Labute approximate surface area is 301 Å². The van der Waals surface area contributed by atoms with Gasteiger partial charge in [-0.05, 0) is 22.2 Å². The summed E-state index contributed by atoms with van der Waals surface area (Å²) in [5, 5.41) is 12.0. The summed E-state index contributed by atoms with van der Waals surface area (Å²) in [4.78, 5) is 29.3. The fourth-order valence-electron chi connectivity index (χ4n) is 9.54. The predicted octanol–water partition coefficient (Wildman–Crippen LogP) is 7.78. The molecule has 11 nitrogen and oxygen atoms in total. The normalized spacial score (nSPS) is 21.4. The van der Waals surface area contributed by atoms with Crippen molar-refractivity contribution in [2.24, 2.45) is 0 Å². The largest absolute Gasteiger partial charge is 0.387 e. The molecular weight excluding hydrogens is 687 g/mol. The van der Waals surface area contributed by atoms with E-state index in [-0.39, 0.29) is 18.2 Å². The molecule has 3 heterocycles. The number of nitrogens with zero attached hydrogens (tertiary/aromatic N) is 3. The van der Waals surface area contributed by atoms with Gasteiger partial charge in [0.1, 0.15) is 36.5 Å². The fourth-order valence-corrected chi connectivity index (χ4v) is 46.9. The number of nitrogens with two attached hydrogens (primary N) is 1. The molecule has 0 spiro atoms. The van der Waals surface area contributed by atoms with Crippen molar-refractivity contribution in [3.8, 4) is 0 Å². The monoisotopic (exact) mass is 755 g/mol. The summed E-state index contributed by atoms with van der Waals surface area (Å²) in [6.07, 6.45) is -2.10. The number of ether oxygens (including phenoxy) is 1. The number of aliphatic hydroxyl groups is 1. The zero-order chi connectivity index (χ0) is 37.2. The van der Waals surface area contributed by atoms with Crippen LogP contribution >= 0.6 is 0 Å². The first-order chi connectivity index (χ1) is 22.7. The van der Waals surface area contributed by atoms with Crippen LogP contribution in [0.3, 0.4) is 0 Å². The number of anilines is 1. The van der Waals surface area contributed by atoms with Crippen molar-refractivity contribution in [1.29, 1.82) is 0 Å². The van der Waals surface area contributed by atoms with Crippen LogP contribution in [0.25, 0.3) is 11.2 Å². The maximum atomic E-state index is 12.0. The molecule has 0 amide bonds. The molecule has 1 fully saturated rings. The highest BCUT2D eigenvalue weighted by Crippen LogP contribution is 2.46. The molecule has 1 saturated heterocycles. The molecule has 4 atom stereocenters. The van der Waals surface area contributed by atoms with Gasteiger partial charge in [0.2, 0.25) is 15.7 Å². The van der Waals surface area contributed by atoms with Crippen LogP contribution in [0.5, 0.6) is 0 Å². The van der Waals surface area contributed by atoms with E-state index in [4.69, 9.17) is 29.4 Å². The average Bonchev–Trinajstić information content (AvgIpc) is 3.57. The van der Waals surface area contributed by atoms with Crippen molar-refractivity contribution in [3.63, 3.8) is 0 Å². The number of aliphatic hydroxyl groups excluding tert-OH is 1. The van der Waals surface area contributed by atoms with Gasteiger partial charge in [-0.1, -0.05) is 133 Å². The summed E-state index contributed by atoms with van der Waals surface area (Å²) in [5.74, 6) is 0.483. The Morgan fingerprint density at radius 1 is 0.776 bits per heavy atom. The molecule has 1 aliphatic rings. The second-order valence-corrected chi connectivity index (χ2v) is 42.2. The van der Waals surface area contributed by atoms with E-state index in [0.717, 1.165) is 0 Å². The molecule has 0 bridgehead atoms. The molecule has 0 aliphatic carbocycles. The fraction of sp³-hybridized carbons (Fsp3) is 0.853. The van der Waals surface area contributed by atoms with Crippen molar-refractivity contribution >= 4 is 49.3 Å². The first-order valence-corrected chi connectivity index (χ1v) is 29.1. The lowest BCUT2D eigenvalue weighted by Gasteiger charge is -2.46. The first-order valence-electron chi connectivity index (χ1n) is 18.7. The Balaban J connectivity index is 2.03. The minimum atomic E-state index is -2.48. The van der Waals surface area contributed by atoms with Gasteiger partial charge in [0.05, 0.1) is 23.0 Å². The van der Waals surface area contributed by atoms with E-state index in [1.54, 1.807) is 0 Å². The van der Waals surface area contributed by atoms with Gasteiger partial charge >= 0.3 is 0 Å². The topological polar surface area (TPSA) is 147 Å². The highest BCUT2D eigenvalue weighted by atomic mass is 29.2. The molecular formula is C34H69N5O6Si4. The van der Waals surface area contributed by atoms with Crippen molar-refractivity contribution in [1.82, 2.24) is 19.9 Å². The average molecular weight is 756 g/mol. The van der Waals surface area contributed by atoms with Gasteiger partial charge in [-0.25, -0.2) is 24.7 Å². The molecule has 49 heavy (non-hydrogen) atoms. The van der Waals surface area contributed by atoms with Crippen LogP contribution in [0.4, 0.5) is 5.82 Å². The lowest BCUT2D eigenvalue weighted by molar-refractivity contribution is -0.296. The van der Waals surface area contributed by atoms with E-state index < -0.39 is 56.7 Å². The van der Waals surface area contributed by atoms with Crippen LogP contribution in [0.15, 0.2) is 6.33 Å². The van der Waals surface area contributed by atoms with Gasteiger partial charge in [0.25, 0.3) is 0 Å². The van der Waals surface area contributed by atoms with Gasteiger partial charge < -0.3 is 20.6 Å². The molecule has 1 aliphatic heterocycles. The number of hydrogen-bond acceptors (Lipinski definition) is 10. The predicted molar refractivity (Wildman–Crippen MR) is 209 cm³/mol. The molecule has 282 valence electrons. The van der Waals surface area contributed by atoms with Gasteiger partial charge in [0, 0.05) is 0 Å². The highest BCUT2D eigenvalue weighted by molar-refractivity contribution is 7.32. The number of hydrogen-bond donors (Lipinski definition) is 3. The smallest absolute Gasteiger partial charge is 0.227 e. The van der Waals surface area contributed by atoms with Crippen molar-refractivity contribution < 1.29 is 28.8 Å². The van der Waals surface area contributed by atoms with E-state index >= 15 is 0 Å². The third kappa shape index (κ3) is 8.46. The lowest BCUT2D eigenvalue weighted by Crippen LogP contribution is -2.62. The molecule has 0 saturated carbocycles. The summed E-state index contributed by atoms with van der Waals surface area (Å²) in [7, 11) is -7.72. The summed E-state index contributed by atoms with van der Waals surface area (Å²) in [6, 6.07) is 0. The van der Waals surface area contributed by atoms with Crippen LogP contribution < -0.4 is 5.73 Å². The minimum Gasteiger partial charge on any atom is -0.387 e. The zero-order valence-corrected chi connectivity index (χ0v) is 37.6. The van der Waals surface area contributed by atoms with E-state index in [1.165, 1.54) is 6.33 Å². The van der Waals surface area contributed by atoms with E-state index in [2.05, 4.69) is 131 Å². The van der Waals surface area contributed by atoms with Crippen LogP contribution in [0.2, 0.25) is 44.3 Å². The van der Waals surface area contributed by atoms with Gasteiger partial charge in [-0.3, -0.25) is 9.15 Å². The Hall–Kier alpha value is -1.02. The third-order valence-electron chi connectivity index (χ3n) is 11.2. The molecule has 0 radical (unpaired) electrons. The van der Waals surface area contributed by atoms with Gasteiger partial charge in [-0.15, -0.1) is 0 Å². The highest BCUT2D eigenvalue weighted by Gasteiger charge is 2.57. The number of imidazole rings is 1. The van der Waals surface area contributed by atoms with Gasteiger partial charge in [0.15, 0.2) is 17.3 Å². The number of aromatic nitrogens is 4. The number of aromatic amines is 1. The Bertz CT molecular complexity index is 1300. The first kappa shape index (κ1) is 42.4. The van der Waals surface area contributed by atoms with E-state index in [0.29, 0.717) is 55.5 Å². The SMILES string of the molecule is CC(C)[SiH](C(C)C)[Si](OOC[C@H]1O[C@@H](c2nc(N)c3[nH]cnc3n2)[C@@H](O)[C@@H]1OO[Si](C(C)C)(C(C)C)[SiH](C(C)C)C(C)C)(C(C)C)C(C)C. The number of fused-ring (bicyclic) bond motifs is 1. The van der Waals surface area contributed by atoms with Gasteiger partial charge in [-0.2, -0.15) is 0 Å². The van der Waals surface area contributed by atoms with E-state index in [1.807, 2.05) is 0 Å². The van der Waals surface area contributed by atoms with Crippen molar-refractivity contribution in [2.45, 2.75) is 180 Å². The molecule has 4 N–H and O–H groups in total. The molecule has 0 unspecified atom stereocenters. The van der Waals surface area contributed by atoms with Crippen LogP contribution in [-0.2, 0) is 23.7 Å². The number of nitrogen functional groups attached to an aromatic ring is 1. The van der Waals surface area contributed by atoms with Crippen LogP contribution in [-0.4, -0.2) is 82.3 Å². The lowest BCUT2D eigenvalue weighted by atomic mass is 10.1. The standard InChI is InChI=1S/C34H69N5O6Si4/c1-19(2)46(20(3)4)48(23(9)10,24(11)12)44-41-17-27-30(43-45-49(25(13)14,26(15)16)47(21(5)6)22(7)8)29(40)31(42-27)34-38-32(35)28-33(39-34)37-18-36-28/h18-27,29-31,40,46-47H,17H2,1-16H3,(H3,35,36,37,38,39)/t27-,29+,30-,31-/m1/s1. The summed E-state index contributed by atoms with van der Waals surface area (Å²) in [6.45, 7) is 37.1. The molecule has 3 rings (SSSR count). The molecule has 0 aromatic carbocycles. The third-order valence-corrected chi connectivity index (χ3v) is 49.9. The van der Waals surface area contributed by atoms with Crippen molar-refractivity contribution in [2.75, 3.05) is 12.3 Å². The maximum absolute atomic E-state index is 12.0. The number of nitrogens with one attached hydrogen (secondary N) is 1. The Morgan fingerprint density at radius 3 is 1.69 bits per heavy atom. The second-order valence-electron chi connectivity index (χ2n) is 17.0. The van der Waals surface area contributed by atoms with Crippen LogP contribution in [0, 0.1) is 0 Å². The summed E-state index contributed by atoms with van der Waals surface area (Å²) >= 11 is 0. The van der Waals surface area contributed by atoms with E-state index in [9.17, 15) is 5.11 Å². The molecule has 2 aromatic heterocycles. The maximum Gasteiger partial charge on any atom is 0.227 e. The zero-order valence-electron chi connectivity index (χ0n) is 33.3. The Kier molecular flexibility index (Phi) is 14.9. The second kappa shape index (κ2) is 17.2. The summed E-state index contributed by atoms with van der Waals surface area (Å²) < 4.78 is 20.3. The molecule has 15 heteroatoms. The minimum absolute atomic E-state index is 0.0698. The Morgan fingerprint density at radius 2 is 1.24 bits per heavy atom. The molecule has 2 aromatic rings. The number of rotatable bonds is 18. The summed E-state index contributed by atoms with van der Waals surface area (Å²) in [5.41, 5.74) is 10.8. The van der Waals surface area contributed by atoms with Crippen molar-refractivity contribution in [3.05, 3.63) is 12.2 Å².